The molecule has 14 heavy (non-hydrogen) atoms. The normalized spacial score (nSPS) is 14.0. The first kappa shape index (κ1) is 10.5. The fourth-order valence-corrected chi connectivity index (χ4v) is 1.07. The minimum absolute atomic E-state index is 0.901. The first-order valence-corrected chi connectivity index (χ1v) is 4.89. The maximum atomic E-state index is 4.97. The molecule has 0 unspecified atom stereocenters. The molecule has 0 saturated heterocycles. The fourth-order valence-electron chi connectivity index (χ4n) is 1.07. The molecule has 2 heteroatoms. The average molecular weight is 189 g/mol. The summed E-state index contributed by atoms with van der Waals surface area (Å²) in [4.78, 5) is 4.28. The molecule has 0 atom stereocenters. The molecule has 0 aliphatic carbocycles. The predicted molar refractivity (Wildman–Crippen MR) is 60.3 cm³/mol. The van der Waals surface area contributed by atoms with Gasteiger partial charge in [-0.2, -0.15) is 0 Å². The van der Waals surface area contributed by atoms with Crippen LogP contribution in [0, 0.1) is 0 Å². The van der Waals surface area contributed by atoms with Gasteiger partial charge < -0.3 is 4.42 Å². The van der Waals surface area contributed by atoms with Crippen molar-refractivity contribution in [1.29, 1.82) is 0 Å². The second-order valence-electron chi connectivity index (χ2n) is 2.54. The molecular weight excluding hydrogens is 174 g/mol. The molecule has 1 aliphatic rings. The number of allylic oxidation sites excluding steroid dienone is 3. The van der Waals surface area contributed by atoms with Crippen LogP contribution in [0.15, 0.2) is 46.2 Å². The van der Waals surface area contributed by atoms with E-state index in [-0.39, 0.29) is 0 Å². The molecule has 0 N–H and O–H groups in total. The molecule has 0 bridgehead atoms. The smallest absolute Gasteiger partial charge is 0.0996 e. The van der Waals surface area contributed by atoms with E-state index in [0.29, 0.717) is 0 Å². The van der Waals surface area contributed by atoms with E-state index in [1.165, 1.54) is 0 Å². The average Bonchev–Trinajstić information content (AvgIpc) is 2.64. The van der Waals surface area contributed by atoms with Crippen molar-refractivity contribution < 1.29 is 4.42 Å². The van der Waals surface area contributed by atoms with Gasteiger partial charge in [-0.1, -0.05) is 26.0 Å². The van der Waals surface area contributed by atoms with Crippen LogP contribution in [0.5, 0.6) is 0 Å². The van der Waals surface area contributed by atoms with Gasteiger partial charge in [0.2, 0.25) is 0 Å². The van der Waals surface area contributed by atoms with Crippen LogP contribution in [0.4, 0.5) is 0 Å². The summed E-state index contributed by atoms with van der Waals surface area (Å²) in [5, 5.41) is 0. The Balaban J connectivity index is 0.000000461. The van der Waals surface area contributed by atoms with Gasteiger partial charge in [0.25, 0.3) is 0 Å². The van der Waals surface area contributed by atoms with Crippen molar-refractivity contribution in [3.8, 4) is 0 Å². The summed E-state index contributed by atoms with van der Waals surface area (Å²) < 4.78 is 4.97. The van der Waals surface area contributed by atoms with Gasteiger partial charge in [-0.15, -0.1) is 0 Å². The quantitative estimate of drug-likeness (QED) is 0.661. The molecule has 2 rings (SSSR count). The van der Waals surface area contributed by atoms with Gasteiger partial charge in [0.15, 0.2) is 0 Å². The van der Waals surface area contributed by atoms with Crippen molar-refractivity contribution in [2.45, 2.75) is 20.3 Å². The number of hydrogen-bond donors (Lipinski definition) is 0. The zero-order valence-electron chi connectivity index (χ0n) is 8.60. The number of nitrogens with zero attached hydrogens (tertiary/aromatic N) is 1. The van der Waals surface area contributed by atoms with E-state index in [0.717, 1.165) is 17.7 Å². The summed E-state index contributed by atoms with van der Waals surface area (Å²) in [5.74, 6) is 0. The maximum Gasteiger partial charge on any atom is 0.0996 e. The summed E-state index contributed by atoms with van der Waals surface area (Å²) in [6, 6.07) is 1.91. The van der Waals surface area contributed by atoms with E-state index in [1.807, 2.05) is 38.3 Å². The summed E-state index contributed by atoms with van der Waals surface area (Å²) in [7, 11) is 0. The SMILES string of the molecule is C1=CCC=NC(c2ccoc2)=C1.CC. The lowest BCUT2D eigenvalue weighted by atomic mass is 10.2. The van der Waals surface area contributed by atoms with Crippen LogP contribution in [-0.4, -0.2) is 6.21 Å². The summed E-state index contributed by atoms with van der Waals surface area (Å²) in [5.41, 5.74) is 1.98. The Bertz CT molecular complexity index is 331. The van der Waals surface area contributed by atoms with E-state index < -0.39 is 0 Å². The van der Waals surface area contributed by atoms with Gasteiger partial charge in [0.1, 0.15) is 0 Å². The van der Waals surface area contributed by atoms with Crippen LogP contribution in [-0.2, 0) is 0 Å². The molecular formula is C12H15NO. The lowest BCUT2D eigenvalue weighted by Gasteiger charge is -1.92. The highest BCUT2D eigenvalue weighted by Gasteiger charge is 1.99. The van der Waals surface area contributed by atoms with Gasteiger partial charge in [-0.05, 0) is 12.1 Å². The Morgan fingerprint density at radius 1 is 1.36 bits per heavy atom. The van der Waals surface area contributed by atoms with Crippen molar-refractivity contribution in [1.82, 2.24) is 0 Å². The Morgan fingerprint density at radius 2 is 2.21 bits per heavy atom. The van der Waals surface area contributed by atoms with Gasteiger partial charge in [-0.3, -0.25) is 4.99 Å². The van der Waals surface area contributed by atoms with Gasteiger partial charge in [0, 0.05) is 18.2 Å². The summed E-state index contributed by atoms with van der Waals surface area (Å²) in [6.45, 7) is 4.00. The molecule has 2 nitrogen and oxygen atoms in total. The zero-order valence-corrected chi connectivity index (χ0v) is 8.60. The molecule has 1 aromatic heterocycles. The third-order valence-electron chi connectivity index (χ3n) is 1.68. The van der Waals surface area contributed by atoms with Crippen molar-refractivity contribution in [3.63, 3.8) is 0 Å². The highest BCUT2D eigenvalue weighted by molar-refractivity contribution is 5.76. The van der Waals surface area contributed by atoms with Crippen LogP contribution < -0.4 is 0 Å². The largest absolute Gasteiger partial charge is 0.472 e. The van der Waals surface area contributed by atoms with Gasteiger partial charge in [-0.25, -0.2) is 0 Å². The Hall–Kier alpha value is -1.57. The van der Waals surface area contributed by atoms with Crippen LogP contribution in [0.25, 0.3) is 5.70 Å². The lowest BCUT2D eigenvalue weighted by molar-refractivity contribution is 0.566. The topological polar surface area (TPSA) is 25.5 Å². The second-order valence-corrected chi connectivity index (χ2v) is 2.54. The molecule has 0 radical (unpaired) electrons. The molecule has 0 fully saturated rings. The highest BCUT2D eigenvalue weighted by Crippen LogP contribution is 2.17. The van der Waals surface area contributed by atoms with Crippen LogP contribution in [0.1, 0.15) is 25.8 Å². The Kier molecular flexibility index (Phi) is 4.48. The van der Waals surface area contributed by atoms with E-state index in [9.17, 15) is 0 Å². The van der Waals surface area contributed by atoms with Crippen molar-refractivity contribution >= 4 is 11.9 Å². The van der Waals surface area contributed by atoms with Gasteiger partial charge >= 0.3 is 0 Å². The van der Waals surface area contributed by atoms with E-state index in [1.54, 1.807) is 12.5 Å². The van der Waals surface area contributed by atoms with E-state index in [4.69, 9.17) is 4.42 Å². The predicted octanol–water partition coefficient (Wildman–Crippen LogP) is 3.68. The zero-order chi connectivity index (χ0) is 10.2. The maximum absolute atomic E-state index is 4.97. The lowest BCUT2D eigenvalue weighted by Crippen LogP contribution is -1.75. The fraction of sp³-hybridized carbons (Fsp3) is 0.250. The Labute approximate surface area is 84.7 Å². The molecule has 0 amide bonds. The highest BCUT2D eigenvalue weighted by atomic mass is 16.3. The van der Waals surface area contributed by atoms with Crippen molar-refractivity contribution in [2.75, 3.05) is 0 Å². The third kappa shape index (κ3) is 2.73. The molecule has 0 spiro atoms. The van der Waals surface area contributed by atoms with Crippen molar-refractivity contribution in [2.24, 2.45) is 4.99 Å². The molecule has 2 heterocycles. The summed E-state index contributed by atoms with van der Waals surface area (Å²) >= 11 is 0. The minimum Gasteiger partial charge on any atom is -0.472 e. The molecule has 0 aromatic carbocycles. The van der Waals surface area contributed by atoms with E-state index >= 15 is 0 Å². The number of furan rings is 1. The van der Waals surface area contributed by atoms with Crippen LogP contribution in [0.3, 0.4) is 0 Å². The summed E-state index contributed by atoms with van der Waals surface area (Å²) in [6.07, 6.45) is 12.2. The van der Waals surface area contributed by atoms with Crippen LogP contribution in [0.2, 0.25) is 0 Å². The third-order valence-corrected chi connectivity index (χ3v) is 1.68. The first-order chi connectivity index (χ1) is 6.97. The Morgan fingerprint density at radius 3 is 2.93 bits per heavy atom. The van der Waals surface area contributed by atoms with Gasteiger partial charge in [0.05, 0.1) is 18.2 Å². The number of hydrogen-bond acceptors (Lipinski definition) is 2. The molecule has 0 saturated carbocycles. The monoisotopic (exact) mass is 189 g/mol. The molecule has 74 valence electrons. The van der Waals surface area contributed by atoms with Crippen molar-refractivity contribution in [3.05, 3.63) is 42.4 Å². The number of rotatable bonds is 1. The van der Waals surface area contributed by atoms with Crippen LogP contribution >= 0.6 is 0 Å². The molecule has 1 aromatic rings. The van der Waals surface area contributed by atoms with E-state index in [2.05, 4.69) is 11.1 Å². The number of aliphatic imine (C=N–C) groups is 1. The first-order valence-electron chi connectivity index (χ1n) is 4.89. The molecule has 1 aliphatic heterocycles. The minimum atomic E-state index is 0.901. The second kappa shape index (κ2) is 5.97. The standard InChI is InChI=1S/C10H9NO.C2H6/c1-2-4-10(11-6-3-1)9-5-7-12-8-9;1-2/h1-2,4-8H,3H2;1-2H3.